The minimum Gasteiger partial charge on any atom is -0.479 e. The average Bonchev–Trinajstić information content (AvgIpc) is 2.15. The molecular formula is C8H14FNO2. The number of carbonyl (C=O) groups is 1. The van der Waals surface area contributed by atoms with E-state index in [-0.39, 0.29) is 12.8 Å². The first-order valence-corrected chi connectivity index (χ1v) is 4.15. The maximum atomic E-state index is 13.5. The Kier molecular flexibility index (Phi) is 2.67. The van der Waals surface area contributed by atoms with Gasteiger partial charge >= 0.3 is 5.97 Å². The molecule has 0 aliphatic carbocycles. The molecule has 1 unspecified atom stereocenters. The largest absolute Gasteiger partial charge is 0.479 e. The number of nitrogens with zero attached hydrogens (tertiary/aromatic N) is 1. The van der Waals surface area contributed by atoms with Crippen molar-refractivity contribution in [3.05, 3.63) is 0 Å². The predicted molar refractivity (Wildman–Crippen MR) is 42.8 cm³/mol. The fraction of sp³-hybridized carbons (Fsp3) is 0.875. The molecule has 1 N–H and O–H groups in total. The van der Waals surface area contributed by atoms with E-state index in [1.807, 2.05) is 11.9 Å². The number of halogens is 1. The number of rotatable bonds is 1. The summed E-state index contributed by atoms with van der Waals surface area (Å²) in [6.07, 6.45) is 0.880. The van der Waals surface area contributed by atoms with Crippen LogP contribution in [0.25, 0.3) is 0 Å². The van der Waals surface area contributed by atoms with Gasteiger partial charge in [0.2, 0.25) is 5.67 Å². The Morgan fingerprint density at radius 3 is 2.75 bits per heavy atom. The van der Waals surface area contributed by atoms with Crippen molar-refractivity contribution in [2.45, 2.75) is 24.9 Å². The molecule has 0 aromatic heterocycles. The molecule has 0 amide bonds. The molecule has 12 heavy (non-hydrogen) atoms. The van der Waals surface area contributed by atoms with Gasteiger partial charge in [-0.2, -0.15) is 0 Å². The Balaban J connectivity index is 2.61. The molecular weight excluding hydrogens is 161 g/mol. The summed E-state index contributed by atoms with van der Waals surface area (Å²) in [5.41, 5.74) is -1.98. The summed E-state index contributed by atoms with van der Waals surface area (Å²) in [6, 6.07) is 0. The fourth-order valence-electron chi connectivity index (χ4n) is 1.45. The highest BCUT2D eigenvalue weighted by Gasteiger charge is 2.39. The summed E-state index contributed by atoms with van der Waals surface area (Å²) in [5.74, 6) is -1.31. The fourth-order valence-corrected chi connectivity index (χ4v) is 1.45. The van der Waals surface area contributed by atoms with Crippen LogP contribution in [0.3, 0.4) is 0 Å². The van der Waals surface area contributed by atoms with Crippen molar-refractivity contribution in [2.24, 2.45) is 0 Å². The monoisotopic (exact) mass is 175 g/mol. The van der Waals surface area contributed by atoms with Crippen molar-refractivity contribution >= 4 is 5.97 Å². The van der Waals surface area contributed by atoms with Crippen LogP contribution >= 0.6 is 0 Å². The number of hydrogen-bond donors (Lipinski definition) is 1. The maximum absolute atomic E-state index is 13.5. The van der Waals surface area contributed by atoms with Crippen LogP contribution in [0.5, 0.6) is 0 Å². The number of likely N-dealkylation sites (tertiary alicyclic amines) is 1. The van der Waals surface area contributed by atoms with E-state index in [0.29, 0.717) is 13.0 Å². The predicted octanol–water partition coefficient (Wildman–Crippen LogP) is 0.895. The van der Waals surface area contributed by atoms with Crippen LogP contribution in [0, 0.1) is 0 Å². The Hall–Kier alpha value is -0.640. The molecule has 1 heterocycles. The molecule has 0 aromatic rings. The third kappa shape index (κ3) is 1.94. The molecule has 3 nitrogen and oxygen atoms in total. The molecule has 0 saturated carbocycles. The van der Waals surface area contributed by atoms with Gasteiger partial charge in [-0.1, -0.05) is 0 Å². The van der Waals surface area contributed by atoms with Gasteiger partial charge in [-0.25, -0.2) is 9.18 Å². The summed E-state index contributed by atoms with van der Waals surface area (Å²) >= 11 is 0. The van der Waals surface area contributed by atoms with Gasteiger partial charge in [0, 0.05) is 13.0 Å². The second kappa shape index (κ2) is 3.39. The summed E-state index contributed by atoms with van der Waals surface area (Å²) in [5, 5.41) is 8.62. The van der Waals surface area contributed by atoms with Gasteiger partial charge < -0.3 is 10.0 Å². The van der Waals surface area contributed by atoms with Crippen LogP contribution in [0.1, 0.15) is 19.3 Å². The van der Waals surface area contributed by atoms with Crippen molar-refractivity contribution in [1.82, 2.24) is 4.90 Å². The summed E-state index contributed by atoms with van der Waals surface area (Å²) in [4.78, 5) is 12.5. The first kappa shape index (κ1) is 9.45. The normalized spacial score (nSPS) is 32.8. The van der Waals surface area contributed by atoms with Gasteiger partial charge in [0.1, 0.15) is 0 Å². The Morgan fingerprint density at radius 2 is 2.17 bits per heavy atom. The number of hydrogen-bond acceptors (Lipinski definition) is 2. The van der Waals surface area contributed by atoms with Crippen LogP contribution in [0.4, 0.5) is 4.39 Å². The van der Waals surface area contributed by atoms with E-state index in [0.717, 1.165) is 6.54 Å². The Bertz CT molecular complexity index is 186. The van der Waals surface area contributed by atoms with Gasteiger partial charge in [0.15, 0.2) is 0 Å². The molecule has 0 aromatic carbocycles. The molecule has 1 aliphatic rings. The van der Waals surface area contributed by atoms with Gasteiger partial charge in [0.25, 0.3) is 0 Å². The third-order valence-electron chi connectivity index (χ3n) is 2.39. The zero-order valence-electron chi connectivity index (χ0n) is 7.22. The first-order valence-electron chi connectivity index (χ1n) is 4.15. The third-order valence-corrected chi connectivity index (χ3v) is 2.39. The van der Waals surface area contributed by atoms with E-state index in [2.05, 4.69) is 0 Å². The lowest BCUT2D eigenvalue weighted by atomic mass is 9.97. The molecule has 0 radical (unpaired) electrons. The van der Waals surface area contributed by atoms with Crippen LogP contribution < -0.4 is 0 Å². The molecule has 1 aliphatic heterocycles. The van der Waals surface area contributed by atoms with E-state index in [1.54, 1.807) is 0 Å². The van der Waals surface area contributed by atoms with Gasteiger partial charge in [0.05, 0.1) is 0 Å². The number of carboxylic acids is 1. The van der Waals surface area contributed by atoms with Crippen molar-refractivity contribution in [3.63, 3.8) is 0 Å². The zero-order chi connectivity index (χ0) is 9.19. The first-order chi connectivity index (χ1) is 5.54. The van der Waals surface area contributed by atoms with Crippen LogP contribution in [-0.4, -0.2) is 41.8 Å². The van der Waals surface area contributed by atoms with E-state index in [9.17, 15) is 9.18 Å². The summed E-state index contributed by atoms with van der Waals surface area (Å²) in [6.45, 7) is 1.32. The zero-order valence-corrected chi connectivity index (χ0v) is 7.22. The molecule has 0 spiro atoms. The van der Waals surface area contributed by atoms with Gasteiger partial charge in [-0.15, -0.1) is 0 Å². The minimum absolute atomic E-state index is 0.110. The molecule has 4 heteroatoms. The second-order valence-electron chi connectivity index (χ2n) is 3.43. The highest BCUT2D eigenvalue weighted by Crippen LogP contribution is 2.26. The topological polar surface area (TPSA) is 40.5 Å². The summed E-state index contributed by atoms with van der Waals surface area (Å²) < 4.78 is 13.5. The van der Waals surface area contributed by atoms with E-state index in [4.69, 9.17) is 5.11 Å². The maximum Gasteiger partial charge on any atom is 0.341 e. The van der Waals surface area contributed by atoms with Crippen LogP contribution in [0.15, 0.2) is 0 Å². The molecule has 70 valence electrons. The molecule has 1 fully saturated rings. The van der Waals surface area contributed by atoms with Crippen LogP contribution in [-0.2, 0) is 4.79 Å². The highest BCUT2D eigenvalue weighted by atomic mass is 19.1. The molecule has 1 rings (SSSR count). The van der Waals surface area contributed by atoms with Crippen molar-refractivity contribution < 1.29 is 14.3 Å². The Labute approximate surface area is 71.2 Å². The van der Waals surface area contributed by atoms with E-state index < -0.39 is 11.6 Å². The van der Waals surface area contributed by atoms with Gasteiger partial charge in [-0.05, 0) is 26.4 Å². The standard InChI is InChI=1S/C8H14FNO2/c1-10-5-2-3-8(9,4-6-10)7(11)12/h2-6H2,1H3,(H,11,12). The quantitative estimate of drug-likeness (QED) is 0.643. The van der Waals surface area contributed by atoms with E-state index in [1.165, 1.54) is 0 Å². The van der Waals surface area contributed by atoms with Crippen molar-refractivity contribution in [3.8, 4) is 0 Å². The number of alkyl halides is 1. The summed E-state index contributed by atoms with van der Waals surface area (Å²) in [7, 11) is 1.88. The lowest BCUT2D eigenvalue weighted by Gasteiger charge is -2.17. The minimum atomic E-state index is -1.98. The average molecular weight is 175 g/mol. The SMILES string of the molecule is CN1CCCC(F)(C(=O)O)CC1. The van der Waals surface area contributed by atoms with Gasteiger partial charge in [-0.3, -0.25) is 0 Å². The molecule has 1 saturated heterocycles. The Morgan fingerprint density at radius 1 is 1.50 bits per heavy atom. The van der Waals surface area contributed by atoms with Crippen molar-refractivity contribution in [2.75, 3.05) is 20.1 Å². The smallest absolute Gasteiger partial charge is 0.341 e. The van der Waals surface area contributed by atoms with Crippen molar-refractivity contribution in [1.29, 1.82) is 0 Å². The molecule has 1 atom stereocenters. The second-order valence-corrected chi connectivity index (χ2v) is 3.43. The molecule has 0 bridgehead atoms. The lowest BCUT2D eigenvalue weighted by molar-refractivity contribution is -0.151. The highest BCUT2D eigenvalue weighted by molar-refractivity contribution is 5.77. The van der Waals surface area contributed by atoms with E-state index >= 15 is 0 Å². The number of carboxylic acid groups (broad SMARTS) is 1. The lowest BCUT2D eigenvalue weighted by Crippen LogP contribution is -2.34. The van der Waals surface area contributed by atoms with Crippen LogP contribution in [0.2, 0.25) is 0 Å². The number of aliphatic carboxylic acids is 1.